The minimum Gasteiger partial charge on any atom is -0.298 e. The van der Waals surface area contributed by atoms with Crippen molar-refractivity contribution >= 4 is 19.9 Å². The molecule has 1 aliphatic rings. The van der Waals surface area contributed by atoms with E-state index in [1.54, 1.807) is 0 Å². The van der Waals surface area contributed by atoms with Crippen LogP contribution < -0.4 is 4.72 Å². The van der Waals surface area contributed by atoms with Crippen LogP contribution in [0.3, 0.4) is 0 Å². The zero-order chi connectivity index (χ0) is 25.5. The molecule has 0 saturated carbocycles. The third-order valence-corrected chi connectivity index (χ3v) is 9.10. The Morgan fingerprint density at radius 1 is 0.912 bits per heavy atom. The second kappa shape index (κ2) is 9.21. The van der Waals surface area contributed by atoms with Crippen molar-refractivity contribution in [3.8, 4) is 0 Å². The van der Waals surface area contributed by atoms with Gasteiger partial charge >= 0.3 is 6.18 Å². The molecule has 6 nitrogen and oxygen atoms in total. The van der Waals surface area contributed by atoms with Gasteiger partial charge in [0.1, 0.15) is 10.7 Å². The van der Waals surface area contributed by atoms with Gasteiger partial charge in [0.05, 0.1) is 15.4 Å². The maximum absolute atomic E-state index is 14.1. The minimum atomic E-state index is -5.06. The molecule has 2 aromatic rings. The number of sulfone groups is 1. The summed E-state index contributed by atoms with van der Waals surface area (Å²) >= 11 is 0. The molecule has 0 aromatic heterocycles. The molecule has 1 N–H and O–H groups in total. The van der Waals surface area contributed by atoms with E-state index in [0.717, 1.165) is 12.1 Å². The van der Waals surface area contributed by atoms with Crippen molar-refractivity contribution < 1.29 is 34.4 Å². The van der Waals surface area contributed by atoms with Crippen molar-refractivity contribution in [2.45, 2.75) is 66.1 Å². The number of hydrogen-bond acceptors (Lipinski definition) is 5. The Hall–Kier alpha value is -2.02. The summed E-state index contributed by atoms with van der Waals surface area (Å²) in [5, 5.41) is 0. The van der Waals surface area contributed by atoms with Gasteiger partial charge in [0.15, 0.2) is 0 Å². The molecule has 0 aliphatic carbocycles. The fraction of sp³-hybridized carbons (Fsp3) is 0.455. The number of piperidine rings is 1. The number of benzene rings is 2. The first-order chi connectivity index (χ1) is 15.5. The highest BCUT2D eigenvalue weighted by Crippen LogP contribution is 2.37. The number of alkyl halides is 3. The van der Waals surface area contributed by atoms with Gasteiger partial charge in [0.25, 0.3) is 0 Å². The highest BCUT2D eigenvalue weighted by Gasteiger charge is 2.39. The monoisotopic (exact) mass is 522 g/mol. The Labute approximate surface area is 196 Å². The summed E-state index contributed by atoms with van der Waals surface area (Å²) in [6.45, 7) is 7.12. The van der Waals surface area contributed by atoms with Crippen LogP contribution in [0.25, 0.3) is 0 Å². The van der Waals surface area contributed by atoms with Crippen LogP contribution in [0, 0.1) is 5.82 Å². The van der Waals surface area contributed by atoms with Crippen LogP contribution in [0.4, 0.5) is 17.6 Å². The zero-order valence-electron chi connectivity index (χ0n) is 18.9. The van der Waals surface area contributed by atoms with Gasteiger partial charge < -0.3 is 0 Å². The fourth-order valence-corrected chi connectivity index (χ4v) is 6.86. The molecule has 1 fully saturated rings. The average Bonchev–Trinajstić information content (AvgIpc) is 2.72. The van der Waals surface area contributed by atoms with Gasteiger partial charge in [-0.1, -0.05) is 12.1 Å². The Morgan fingerprint density at radius 2 is 1.50 bits per heavy atom. The second-order valence-electron chi connectivity index (χ2n) is 9.14. The van der Waals surface area contributed by atoms with Crippen LogP contribution in [0.5, 0.6) is 0 Å². The van der Waals surface area contributed by atoms with Gasteiger partial charge in [-0.25, -0.2) is 25.9 Å². The lowest BCUT2D eigenvalue weighted by atomic mass is 9.99. The summed E-state index contributed by atoms with van der Waals surface area (Å²) in [4.78, 5) is -0.592. The molecule has 0 radical (unpaired) electrons. The van der Waals surface area contributed by atoms with E-state index in [0.29, 0.717) is 44.1 Å². The lowest BCUT2D eigenvalue weighted by Gasteiger charge is -2.40. The molecular formula is C22H26F4N2O4S2. The topological polar surface area (TPSA) is 83.6 Å². The molecule has 34 heavy (non-hydrogen) atoms. The van der Waals surface area contributed by atoms with E-state index in [1.807, 2.05) is 20.8 Å². The van der Waals surface area contributed by atoms with Crippen LogP contribution in [-0.4, -0.2) is 46.4 Å². The summed E-state index contributed by atoms with van der Waals surface area (Å²) in [6, 6.07) is 5.21. The number of nitrogens with one attached hydrogen (secondary N) is 1. The van der Waals surface area contributed by atoms with Crippen LogP contribution in [-0.2, 0) is 26.0 Å². The van der Waals surface area contributed by atoms with E-state index in [-0.39, 0.29) is 5.54 Å². The molecule has 1 aliphatic heterocycles. The van der Waals surface area contributed by atoms with Gasteiger partial charge in [-0.15, -0.1) is 0 Å². The first kappa shape index (κ1) is 26.6. The first-order valence-electron chi connectivity index (χ1n) is 10.5. The molecule has 0 unspecified atom stereocenters. The smallest absolute Gasteiger partial charge is 0.298 e. The summed E-state index contributed by atoms with van der Waals surface area (Å²) < 4.78 is 109. The lowest BCUT2D eigenvalue weighted by Crippen LogP contribution is -2.50. The third-order valence-electron chi connectivity index (χ3n) is 5.75. The molecule has 0 spiro atoms. The van der Waals surface area contributed by atoms with E-state index < -0.39 is 58.1 Å². The van der Waals surface area contributed by atoms with Gasteiger partial charge in [-0.05, 0) is 63.9 Å². The van der Waals surface area contributed by atoms with Crippen molar-refractivity contribution in [2.75, 3.05) is 13.1 Å². The number of sulfonamides is 1. The maximum Gasteiger partial charge on any atom is 0.417 e. The number of halogens is 4. The molecule has 188 valence electrons. The van der Waals surface area contributed by atoms with Gasteiger partial charge in [-0.2, -0.15) is 13.2 Å². The summed E-state index contributed by atoms with van der Waals surface area (Å²) in [6.07, 6.45) is -4.30. The first-order valence-corrected chi connectivity index (χ1v) is 13.5. The SMILES string of the molecule is CC(C)(C)N1CCC(NS(=O)(=O)c2cc(S(=O)(=O)c3ccccc3F)ccc2C(F)(F)F)CC1. The van der Waals surface area contributed by atoms with Gasteiger partial charge in [0.2, 0.25) is 19.9 Å². The number of nitrogens with zero attached hydrogens (tertiary/aromatic N) is 1. The van der Waals surface area contributed by atoms with Crippen molar-refractivity contribution in [1.82, 2.24) is 9.62 Å². The third kappa shape index (κ3) is 5.61. The Bertz CT molecular complexity index is 1260. The van der Waals surface area contributed by atoms with Crippen molar-refractivity contribution in [2.24, 2.45) is 0 Å². The molecule has 0 amide bonds. The highest BCUT2D eigenvalue weighted by atomic mass is 32.2. The highest BCUT2D eigenvalue weighted by molar-refractivity contribution is 7.91. The number of hydrogen-bond donors (Lipinski definition) is 1. The Balaban J connectivity index is 2.00. The van der Waals surface area contributed by atoms with Gasteiger partial charge in [0, 0.05) is 24.7 Å². The lowest BCUT2D eigenvalue weighted by molar-refractivity contribution is -0.139. The molecule has 3 rings (SSSR count). The van der Waals surface area contributed by atoms with E-state index in [2.05, 4.69) is 9.62 Å². The normalized spacial score (nSPS) is 17.1. The standard InChI is InChI=1S/C22H26F4N2O4S2/c1-21(2,3)28-12-10-15(11-13-28)27-34(31,32)20-14-16(8-9-17(20)22(24,25)26)33(29,30)19-7-5-4-6-18(19)23/h4-9,14-15,27H,10-13H2,1-3H3. The molecule has 1 saturated heterocycles. The fourth-order valence-electron chi connectivity index (χ4n) is 3.87. The van der Waals surface area contributed by atoms with E-state index in [1.165, 1.54) is 12.1 Å². The van der Waals surface area contributed by atoms with E-state index in [4.69, 9.17) is 0 Å². The summed E-state index contributed by atoms with van der Waals surface area (Å²) in [5.41, 5.74) is -1.64. The van der Waals surface area contributed by atoms with Crippen LogP contribution in [0.2, 0.25) is 0 Å². The van der Waals surface area contributed by atoms with Crippen LogP contribution in [0.15, 0.2) is 57.2 Å². The minimum absolute atomic E-state index is 0.136. The summed E-state index contributed by atoms with van der Waals surface area (Å²) in [5.74, 6) is -1.10. The maximum atomic E-state index is 14.1. The molecule has 1 heterocycles. The van der Waals surface area contributed by atoms with Crippen LogP contribution >= 0.6 is 0 Å². The zero-order valence-corrected chi connectivity index (χ0v) is 20.5. The van der Waals surface area contributed by atoms with Crippen LogP contribution in [0.1, 0.15) is 39.2 Å². The number of likely N-dealkylation sites (tertiary alicyclic amines) is 1. The molecule has 2 aromatic carbocycles. The van der Waals surface area contributed by atoms with Crippen molar-refractivity contribution in [3.05, 3.63) is 53.8 Å². The van der Waals surface area contributed by atoms with Crippen molar-refractivity contribution in [3.63, 3.8) is 0 Å². The molecule has 12 heteroatoms. The number of rotatable bonds is 5. The summed E-state index contributed by atoms with van der Waals surface area (Å²) in [7, 11) is -9.36. The van der Waals surface area contributed by atoms with E-state index >= 15 is 0 Å². The quantitative estimate of drug-likeness (QED) is 0.595. The Kier molecular flexibility index (Phi) is 7.20. The van der Waals surface area contributed by atoms with E-state index in [9.17, 15) is 34.4 Å². The van der Waals surface area contributed by atoms with Gasteiger partial charge in [-0.3, -0.25) is 4.90 Å². The largest absolute Gasteiger partial charge is 0.417 e. The molecule has 0 atom stereocenters. The second-order valence-corrected chi connectivity index (χ2v) is 12.7. The molecule has 0 bridgehead atoms. The predicted octanol–water partition coefficient (Wildman–Crippen LogP) is 4.22. The van der Waals surface area contributed by atoms with Crippen molar-refractivity contribution in [1.29, 1.82) is 0 Å². The predicted molar refractivity (Wildman–Crippen MR) is 118 cm³/mol. The molecular weight excluding hydrogens is 496 g/mol. The average molecular weight is 523 g/mol. The Morgan fingerprint density at radius 3 is 2.03 bits per heavy atom.